The average Bonchev–Trinajstić information content (AvgIpc) is 2.33. The summed E-state index contributed by atoms with van der Waals surface area (Å²) in [5, 5.41) is 11.3. The Bertz CT molecular complexity index is 321. The Kier molecular flexibility index (Phi) is 8.27. The minimum atomic E-state index is -1.19. The van der Waals surface area contributed by atoms with Gasteiger partial charge in [-0.15, -0.1) is 0 Å². The predicted molar refractivity (Wildman–Crippen MR) is 67.5 cm³/mol. The van der Waals surface area contributed by atoms with Crippen LogP contribution in [0.1, 0.15) is 19.3 Å². The Balaban J connectivity index is 4.22. The Hall–Kier alpha value is -1.83. The van der Waals surface area contributed by atoms with Crippen LogP contribution >= 0.6 is 0 Å². The predicted octanol–water partition coefficient (Wildman–Crippen LogP) is -0.617. The zero-order valence-corrected chi connectivity index (χ0v) is 11.2. The lowest BCUT2D eigenvalue weighted by molar-refractivity contribution is -0.139. The molecule has 0 aromatic heterocycles. The van der Waals surface area contributed by atoms with Crippen LogP contribution in [-0.4, -0.2) is 61.3 Å². The second-order valence-electron chi connectivity index (χ2n) is 4.11. The molecule has 4 N–H and O–H groups in total. The fourth-order valence-electron chi connectivity index (χ4n) is 1.35. The molecule has 0 unspecified atom stereocenters. The van der Waals surface area contributed by atoms with E-state index in [9.17, 15) is 14.4 Å². The van der Waals surface area contributed by atoms with Gasteiger partial charge in [-0.05, 0) is 12.8 Å². The first-order valence-electron chi connectivity index (χ1n) is 5.90. The van der Waals surface area contributed by atoms with Crippen molar-refractivity contribution in [1.29, 1.82) is 0 Å². The third-order valence-electron chi connectivity index (χ3n) is 2.46. The van der Waals surface area contributed by atoms with Crippen molar-refractivity contribution in [1.82, 2.24) is 10.2 Å². The fraction of sp³-hybridized carbons (Fsp3) is 0.727. The van der Waals surface area contributed by atoms with Crippen molar-refractivity contribution in [3.05, 3.63) is 0 Å². The number of urea groups is 1. The number of aliphatic carboxylic acids is 1. The zero-order chi connectivity index (χ0) is 14.8. The molecule has 1 atom stereocenters. The van der Waals surface area contributed by atoms with Crippen LogP contribution in [0.2, 0.25) is 0 Å². The molecule has 0 aliphatic rings. The first kappa shape index (κ1) is 17.2. The van der Waals surface area contributed by atoms with E-state index in [0.29, 0.717) is 19.6 Å². The lowest BCUT2D eigenvalue weighted by Gasteiger charge is -2.21. The van der Waals surface area contributed by atoms with E-state index in [4.69, 9.17) is 15.6 Å². The number of nitrogens with one attached hydrogen (secondary N) is 1. The molecule has 110 valence electrons. The van der Waals surface area contributed by atoms with Crippen molar-refractivity contribution < 1.29 is 24.2 Å². The molecule has 0 spiro atoms. The molecule has 8 nitrogen and oxygen atoms in total. The van der Waals surface area contributed by atoms with Crippen LogP contribution in [0.4, 0.5) is 4.79 Å². The van der Waals surface area contributed by atoms with Crippen molar-refractivity contribution in [2.24, 2.45) is 5.73 Å². The van der Waals surface area contributed by atoms with Crippen molar-refractivity contribution in [2.75, 3.05) is 27.3 Å². The van der Waals surface area contributed by atoms with Gasteiger partial charge in [-0.1, -0.05) is 0 Å². The number of carbonyl (C=O) groups is 3. The summed E-state index contributed by atoms with van der Waals surface area (Å²) < 4.78 is 4.85. The molecule has 0 bridgehead atoms. The topological polar surface area (TPSA) is 122 Å². The van der Waals surface area contributed by atoms with Crippen LogP contribution in [0, 0.1) is 0 Å². The molecule has 19 heavy (non-hydrogen) atoms. The SMILES string of the molecule is COCCCN(C)C(=O)N[C@H](CCC(N)=O)C(=O)O. The van der Waals surface area contributed by atoms with Gasteiger partial charge in [0.15, 0.2) is 0 Å². The first-order valence-corrected chi connectivity index (χ1v) is 5.90. The zero-order valence-electron chi connectivity index (χ0n) is 11.2. The number of carboxylic acid groups (broad SMARTS) is 1. The monoisotopic (exact) mass is 275 g/mol. The van der Waals surface area contributed by atoms with Crippen molar-refractivity contribution in [3.8, 4) is 0 Å². The molecule has 0 aliphatic carbocycles. The summed E-state index contributed by atoms with van der Waals surface area (Å²) >= 11 is 0. The van der Waals surface area contributed by atoms with Crippen LogP contribution in [0.25, 0.3) is 0 Å². The van der Waals surface area contributed by atoms with Gasteiger partial charge in [0.1, 0.15) is 6.04 Å². The summed E-state index contributed by atoms with van der Waals surface area (Å²) in [6.07, 6.45) is 0.534. The van der Waals surface area contributed by atoms with Crippen LogP contribution in [0.5, 0.6) is 0 Å². The number of carbonyl (C=O) groups excluding carboxylic acids is 2. The Morgan fingerprint density at radius 2 is 2.05 bits per heavy atom. The number of methoxy groups -OCH3 is 1. The molecule has 0 aromatic rings. The number of primary amides is 1. The van der Waals surface area contributed by atoms with Gasteiger partial charge in [0.05, 0.1) is 0 Å². The third kappa shape index (κ3) is 7.98. The number of carboxylic acids is 1. The van der Waals surface area contributed by atoms with E-state index in [1.165, 1.54) is 4.90 Å². The Morgan fingerprint density at radius 1 is 1.42 bits per heavy atom. The second-order valence-corrected chi connectivity index (χ2v) is 4.11. The maximum Gasteiger partial charge on any atom is 0.326 e. The highest BCUT2D eigenvalue weighted by molar-refractivity contribution is 5.83. The molecule has 0 aromatic carbocycles. The highest BCUT2D eigenvalue weighted by Gasteiger charge is 2.21. The van der Waals surface area contributed by atoms with Gasteiger partial charge in [0.25, 0.3) is 0 Å². The van der Waals surface area contributed by atoms with Crippen LogP contribution in [-0.2, 0) is 14.3 Å². The quantitative estimate of drug-likeness (QED) is 0.484. The summed E-state index contributed by atoms with van der Waals surface area (Å²) in [7, 11) is 3.11. The van der Waals surface area contributed by atoms with E-state index < -0.39 is 23.9 Å². The van der Waals surface area contributed by atoms with Crippen LogP contribution < -0.4 is 11.1 Å². The van der Waals surface area contributed by atoms with E-state index >= 15 is 0 Å². The number of hydrogen-bond donors (Lipinski definition) is 3. The van der Waals surface area contributed by atoms with Gasteiger partial charge in [-0.25, -0.2) is 9.59 Å². The van der Waals surface area contributed by atoms with Crippen molar-refractivity contribution >= 4 is 17.9 Å². The van der Waals surface area contributed by atoms with Gasteiger partial charge in [-0.2, -0.15) is 0 Å². The van der Waals surface area contributed by atoms with Gasteiger partial charge in [0.2, 0.25) is 5.91 Å². The van der Waals surface area contributed by atoms with E-state index in [-0.39, 0.29) is 12.8 Å². The summed E-state index contributed by atoms with van der Waals surface area (Å²) in [5.41, 5.74) is 4.94. The smallest absolute Gasteiger partial charge is 0.326 e. The lowest BCUT2D eigenvalue weighted by atomic mass is 10.1. The number of ether oxygens (including phenoxy) is 1. The minimum absolute atomic E-state index is 0.0255. The van der Waals surface area contributed by atoms with Crippen molar-refractivity contribution in [2.45, 2.75) is 25.3 Å². The minimum Gasteiger partial charge on any atom is -0.480 e. The highest BCUT2D eigenvalue weighted by Crippen LogP contribution is 1.99. The molecule has 0 radical (unpaired) electrons. The summed E-state index contributed by atoms with van der Waals surface area (Å²) in [6, 6.07) is -1.63. The normalized spacial score (nSPS) is 11.7. The van der Waals surface area contributed by atoms with Gasteiger partial charge < -0.3 is 25.8 Å². The van der Waals surface area contributed by atoms with Gasteiger partial charge in [-0.3, -0.25) is 4.79 Å². The molecule has 0 fully saturated rings. The van der Waals surface area contributed by atoms with Crippen molar-refractivity contribution in [3.63, 3.8) is 0 Å². The molecular formula is C11H21N3O5. The second kappa shape index (κ2) is 9.15. The van der Waals surface area contributed by atoms with E-state index in [2.05, 4.69) is 5.32 Å². The molecule has 0 saturated heterocycles. The number of nitrogens with zero attached hydrogens (tertiary/aromatic N) is 1. The van der Waals surface area contributed by atoms with Crippen LogP contribution in [0.15, 0.2) is 0 Å². The summed E-state index contributed by atoms with van der Waals surface area (Å²) in [6.45, 7) is 0.962. The standard InChI is InChI=1S/C11H21N3O5/c1-14(6-3-7-19-2)11(18)13-8(10(16)17)4-5-9(12)15/h8H,3-7H2,1-2H3,(H2,12,15)(H,13,18)(H,16,17)/t8-/m1/s1. The van der Waals surface area contributed by atoms with Crippen LogP contribution in [0.3, 0.4) is 0 Å². The third-order valence-corrected chi connectivity index (χ3v) is 2.46. The number of rotatable bonds is 9. The molecule has 0 aliphatic heterocycles. The van der Waals surface area contributed by atoms with E-state index in [1.54, 1.807) is 14.2 Å². The Labute approximate surface area is 111 Å². The molecule has 0 heterocycles. The first-order chi connectivity index (χ1) is 8.88. The summed E-state index contributed by atoms with van der Waals surface area (Å²) in [5.74, 6) is -1.80. The van der Waals surface area contributed by atoms with Gasteiger partial charge in [0, 0.05) is 33.7 Å². The maximum absolute atomic E-state index is 11.7. The summed E-state index contributed by atoms with van der Waals surface area (Å²) in [4.78, 5) is 34.6. The molecule has 0 rings (SSSR count). The number of amides is 3. The van der Waals surface area contributed by atoms with E-state index in [0.717, 1.165) is 0 Å². The lowest BCUT2D eigenvalue weighted by Crippen LogP contribution is -2.47. The number of nitrogens with two attached hydrogens (primary N) is 1. The average molecular weight is 275 g/mol. The highest BCUT2D eigenvalue weighted by atomic mass is 16.5. The Morgan fingerprint density at radius 3 is 2.53 bits per heavy atom. The number of hydrogen-bond acceptors (Lipinski definition) is 4. The van der Waals surface area contributed by atoms with E-state index in [1.807, 2.05) is 0 Å². The largest absolute Gasteiger partial charge is 0.480 e. The maximum atomic E-state index is 11.7. The van der Waals surface area contributed by atoms with Gasteiger partial charge >= 0.3 is 12.0 Å². The molecule has 3 amide bonds. The molecule has 8 heteroatoms. The molecular weight excluding hydrogens is 254 g/mol. The molecule has 0 saturated carbocycles. The fourth-order valence-corrected chi connectivity index (χ4v) is 1.35.